The van der Waals surface area contributed by atoms with Crippen LogP contribution in [0.2, 0.25) is 0 Å². The number of aromatic nitrogens is 3. The first-order chi connectivity index (χ1) is 22.2. The highest BCUT2D eigenvalue weighted by molar-refractivity contribution is 6.52. The predicted octanol–water partition coefficient (Wildman–Crippen LogP) is 1.40. The van der Waals surface area contributed by atoms with Gasteiger partial charge in [-0.2, -0.15) is 0 Å². The second-order valence-corrected chi connectivity index (χ2v) is 11.6. The number of rotatable bonds is 9. The molecule has 1 fully saturated rings. The summed E-state index contributed by atoms with van der Waals surface area (Å²) in [6.07, 6.45) is -5.31. The molecule has 2 aliphatic heterocycles. The minimum absolute atomic E-state index is 0.149. The van der Waals surface area contributed by atoms with Gasteiger partial charge in [-0.25, -0.2) is 4.68 Å². The normalized spacial score (nSPS) is 26.1. The molecule has 3 aliphatic rings. The quantitative estimate of drug-likeness (QED) is 0.213. The van der Waals surface area contributed by atoms with Crippen LogP contribution in [0.4, 0.5) is 0 Å². The van der Waals surface area contributed by atoms with Gasteiger partial charge >= 0.3 is 23.9 Å². The fourth-order valence-electron chi connectivity index (χ4n) is 5.84. The fraction of sp³-hybridized carbons (Fsp3) is 0.484. The van der Waals surface area contributed by atoms with Gasteiger partial charge in [0.2, 0.25) is 11.6 Å². The lowest BCUT2D eigenvalue weighted by atomic mass is 9.83. The summed E-state index contributed by atoms with van der Waals surface area (Å²) < 4.78 is 40.8. The van der Waals surface area contributed by atoms with Gasteiger partial charge in [0.05, 0.1) is 18.4 Å². The number of carbonyl (C=O) groups is 6. The first kappa shape index (κ1) is 33.4. The summed E-state index contributed by atoms with van der Waals surface area (Å²) in [4.78, 5) is 74.0. The van der Waals surface area contributed by atoms with Gasteiger partial charge in [0.25, 0.3) is 0 Å². The highest BCUT2D eigenvalue weighted by atomic mass is 16.7. The average Bonchev–Trinajstić information content (AvgIpc) is 3.56. The van der Waals surface area contributed by atoms with Gasteiger partial charge in [-0.3, -0.25) is 28.8 Å². The van der Waals surface area contributed by atoms with Gasteiger partial charge in [0, 0.05) is 38.8 Å². The van der Waals surface area contributed by atoms with Gasteiger partial charge in [-0.1, -0.05) is 29.5 Å². The van der Waals surface area contributed by atoms with E-state index < -0.39 is 84.4 Å². The largest absolute Gasteiger partial charge is 0.484 e. The van der Waals surface area contributed by atoms with Gasteiger partial charge in [0.15, 0.2) is 24.6 Å². The Morgan fingerprint density at radius 3 is 2.11 bits per heavy atom. The van der Waals surface area contributed by atoms with Crippen LogP contribution >= 0.6 is 0 Å². The summed E-state index contributed by atoms with van der Waals surface area (Å²) in [5, 5.41) is 8.34. The van der Waals surface area contributed by atoms with Crippen molar-refractivity contribution in [1.82, 2.24) is 15.0 Å². The lowest BCUT2D eigenvalue weighted by molar-refractivity contribution is -0.310. The molecule has 250 valence electrons. The summed E-state index contributed by atoms with van der Waals surface area (Å²) in [7, 11) is 0. The molecule has 16 nitrogen and oxygen atoms in total. The number of benzene rings is 1. The van der Waals surface area contributed by atoms with E-state index in [9.17, 15) is 28.8 Å². The van der Waals surface area contributed by atoms with Crippen molar-refractivity contribution >= 4 is 41.2 Å². The first-order valence-electron chi connectivity index (χ1n) is 14.6. The van der Waals surface area contributed by atoms with Crippen molar-refractivity contribution in [1.29, 1.82) is 0 Å². The maximum absolute atomic E-state index is 13.3. The number of hydrogen-bond acceptors (Lipinski definition) is 15. The number of ether oxygens (including phenoxy) is 7. The smallest absolute Gasteiger partial charge is 0.303 e. The number of carbonyl (C=O) groups excluding carboxylic acids is 6. The third kappa shape index (κ3) is 6.78. The third-order valence-corrected chi connectivity index (χ3v) is 7.57. The molecule has 0 amide bonds. The van der Waals surface area contributed by atoms with Crippen LogP contribution in [-0.4, -0.2) is 93.4 Å². The number of fused-ring (bicyclic) bond motifs is 2. The Hall–Kier alpha value is -4.96. The Kier molecular flexibility index (Phi) is 9.27. The summed E-state index contributed by atoms with van der Waals surface area (Å²) in [6.45, 7) is 7.30. The Bertz CT molecular complexity index is 1660. The molecule has 2 aromatic rings. The molecule has 0 spiro atoms. The monoisotopic (exact) mass is 655 g/mol. The molecule has 1 saturated heterocycles. The van der Waals surface area contributed by atoms with Crippen LogP contribution in [0.5, 0.6) is 0 Å². The van der Waals surface area contributed by atoms with Crippen LogP contribution in [0.25, 0.3) is 5.76 Å². The van der Waals surface area contributed by atoms with Crippen LogP contribution in [0.1, 0.15) is 69.2 Å². The summed E-state index contributed by atoms with van der Waals surface area (Å²) in [5.74, 6) is -4.05. The molecule has 0 N–H and O–H groups in total. The van der Waals surface area contributed by atoms with Crippen molar-refractivity contribution in [2.75, 3.05) is 6.61 Å². The Morgan fingerprint density at radius 2 is 1.47 bits per heavy atom. The minimum atomic E-state index is -1.43. The van der Waals surface area contributed by atoms with E-state index in [4.69, 9.17) is 33.2 Å². The van der Waals surface area contributed by atoms with Crippen LogP contribution in [0.3, 0.4) is 0 Å². The van der Waals surface area contributed by atoms with E-state index in [1.165, 1.54) is 10.9 Å². The predicted molar refractivity (Wildman–Crippen MR) is 154 cm³/mol. The van der Waals surface area contributed by atoms with Crippen molar-refractivity contribution in [2.45, 2.75) is 90.5 Å². The molecule has 0 saturated carbocycles. The van der Waals surface area contributed by atoms with Crippen molar-refractivity contribution in [3.05, 3.63) is 52.9 Å². The van der Waals surface area contributed by atoms with Crippen molar-refractivity contribution < 1.29 is 61.9 Å². The Balaban J connectivity index is 1.42. The molecule has 16 heteroatoms. The second-order valence-electron chi connectivity index (χ2n) is 11.6. The third-order valence-electron chi connectivity index (χ3n) is 7.57. The number of Topliss-reactive ketones (excluding diaryl/α,β-unsaturated/α-hetero) is 2. The zero-order valence-corrected chi connectivity index (χ0v) is 26.4. The number of ketones is 2. The van der Waals surface area contributed by atoms with Gasteiger partial charge in [-0.15, -0.1) is 5.10 Å². The molecule has 1 aromatic carbocycles. The first-order valence-corrected chi connectivity index (χ1v) is 14.6. The summed E-state index contributed by atoms with van der Waals surface area (Å²) in [5.41, 5.74) is 0.137. The zero-order chi connectivity index (χ0) is 34.2. The molecular formula is C31H33N3O13. The molecule has 0 radical (unpaired) electrons. The van der Waals surface area contributed by atoms with Crippen LogP contribution in [0.15, 0.2) is 36.0 Å². The molecule has 1 aromatic heterocycles. The Labute approximate surface area is 268 Å². The number of esters is 4. The lowest BCUT2D eigenvalue weighted by Crippen LogP contribution is -2.62. The summed E-state index contributed by atoms with van der Waals surface area (Å²) in [6, 6.07) is 5.87. The van der Waals surface area contributed by atoms with E-state index in [-0.39, 0.29) is 23.4 Å². The van der Waals surface area contributed by atoms with E-state index in [0.717, 1.165) is 27.7 Å². The van der Waals surface area contributed by atoms with Crippen LogP contribution in [-0.2, 0) is 63.7 Å². The molecule has 3 heterocycles. The maximum Gasteiger partial charge on any atom is 0.303 e. The van der Waals surface area contributed by atoms with Crippen molar-refractivity contribution in [3.63, 3.8) is 0 Å². The Morgan fingerprint density at radius 1 is 0.851 bits per heavy atom. The standard InChI is InChI=1S/C31H33N3O13/c1-14(35)41-13-21-26(43-15(2)36)27(44-16(3)37)28(45-17(4)38)30(46-21)42-12-18-11-34(33-32-18)29-22-24(40)23(39)19-9-7-8-10-20(19)25(22)47-31(29,5)6/h7-11,21,26-30H,12-13H2,1-6H3/t21-,26-,27+,28-,29?,30-/m0/s1. The van der Waals surface area contributed by atoms with Crippen LogP contribution < -0.4 is 0 Å². The molecule has 5 rings (SSSR count). The van der Waals surface area contributed by atoms with E-state index in [1.807, 2.05) is 0 Å². The van der Waals surface area contributed by atoms with E-state index in [2.05, 4.69) is 10.3 Å². The minimum Gasteiger partial charge on any atom is -0.484 e. The molecule has 1 aliphatic carbocycles. The number of nitrogens with zero attached hydrogens (tertiary/aromatic N) is 3. The van der Waals surface area contributed by atoms with Crippen LogP contribution in [0, 0.1) is 0 Å². The maximum atomic E-state index is 13.3. The fourth-order valence-corrected chi connectivity index (χ4v) is 5.84. The van der Waals surface area contributed by atoms with E-state index >= 15 is 0 Å². The van der Waals surface area contributed by atoms with Crippen molar-refractivity contribution in [2.24, 2.45) is 0 Å². The topological polar surface area (TPSA) is 198 Å². The summed E-state index contributed by atoms with van der Waals surface area (Å²) >= 11 is 0. The van der Waals surface area contributed by atoms with Gasteiger partial charge < -0.3 is 33.2 Å². The van der Waals surface area contributed by atoms with E-state index in [0.29, 0.717) is 11.3 Å². The molecule has 0 bridgehead atoms. The molecule has 6 atom stereocenters. The SMILES string of the molecule is CC(=O)OC[C@@H]1O[C@H](OCc2cn(C3C4=C(OC3(C)C)c3ccccc3C(=O)C4=O)nn2)[C@@H](OC(C)=O)[C@H](OC(C)=O)[C@H]1OC(C)=O. The highest BCUT2D eigenvalue weighted by Gasteiger charge is 2.54. The second kappa shape index (κ2) is 13.0. The highest BCUT2D eigenvalue weighted by Crippen LogP contribution is 2.49. The molecule has 1 unspecified atom stereocenters. The molecular weight excluding hydrogens is 622 g/mol. The molecule has 47 heavy (non-hydrogen) atoms. The average molecular weight is 656 g/mol. The zero-order valence-electron chi connectivity index (χ0n) is 26.4. The lowest BCUT2D eigenvalue weighted by Gasteiger charge is -2.43. The van der Waals surface area contributed by atoms with E-state index in [1.54, 1.807) is 38.1 Å². The van der Waals surface area contributed by atoms with Gasteiger partial charge in [0.1, 0.15) is 35.8 Å². The van der Waals surface area contributed by atoms with Crippen molar-refractivity contribution in [3.8, 4) is 0 Å². The van der Waals surface area contributed by atoms with Gasteiger partial charge in [-0.05, 0) is 13.8 Å². The number of hydrogen-bond donors (Lipinski definition) is 0.